The number of nitro groups is 1. The molecule has 0 saturated heterocycles. The molecule has 0 saturated carbocycles. The van der Waals surface area contributed by atoms with Crippen LogP contribution in [0.2, 0.25) is 0 Å². The van der Waals surface area contributed by atoms with Crippen molar-refractivity contribution < 1.29 is 31.6 Å². The molecule has 0 heterocycles. The molecule has 6 nitrogen and oxygen atoms in total. The van der Waals surface area contributed by atoms with Crippen LogP contribution in [0.5, 0.6) is 5.75 Å². The fourth-order valence-corrected chi connectivity index (χ4v) is 2.16. The average Bonchev–Trinajstić information content (AvgIpc) is 2.61. The second kappa shape index (κ2) is 8.78. The van der Waals surface area contributed by atoms with Gasteiger partial charge in [-0.25, -0.2) is 13.2 Å². The van der Waals surface area contributed by atoms with Crippen LogP contribution in [-0.4, -0.2) is 29.0 Å². The number of anilines is 2. The number of hydrogen-bond donors (Lipinski definition) is 2. The van der Waals surface area contributed by atoms with Gasteiger partial charge in [-0.2, -0.15) is 8.78 Å². The topological polar surface area (TPSA) is 76.4 Å². The highest BCUT2D eigenvalue weighted by Crippen LogP contribution is 2.29. The molecule has 0 radical (unpaired) electrons. The highest BCUT2D eigenvalue weighted by molar-refractivity contribution is 7.80. The van der Waals surface area contributed by atoms with Crippen molar-refractivity contribution in [3.05, 3.63) is 58.4 Å². The Morgan fingerprint density at radius 3 is 2.50 bits per heavy atom. The van der Waals surface area contributed by atoms with E-state index in [2.05, 4.69) is 15.4 Å². The molecule has 0 amide bonds. The Hall–Kier alpha value is -3.02. The normalized spacial score (nSPS) is 11.2. The number of nitrogens with zero attached hydrogens (tertiary/aromatic N) is 1. The van der Waals surface area contributed by atoms with Crippen molar-refractivity contribution in [3.8, 4) is 5.75 Å². The van der Waals surface area contributed by atoms with Gasteiger partial charge < -0.3 is 15.4 Å². The van der Waals surface area contributed by atoms with Gasteiger partial charge in [-0.15, -0.1) is 0 Å². The van der Waals surface area contributed by atoms with Crippen molar-refractivity contribution in [2.45, 2.75) is 12.3 Å². The first-order valence-corrected chi connectivity index (χ1v) is 7.90. The van der Waals surface area contributed by atoms with Crippen LogP contribution in [-0.2, 0) is 0 Å². The van der Waals surface area contributed by atoms with Gasteiger partial charge in [-0.1, -0.05) is 12.1 Å². The summed E-state index contributed by atoms with van der Waals surface area (Å²) < 4.78 is 68.6. The zero-order valence-electron chi connectivity index (χ0n) is 13.8. The predicted octanol–water partition coefficient (Wildman–Crippen LogP) is 4.82. The highest BCUT2D eigenvalue weighted by atomic mass is 32.1. The van der Waals surface area contributed by atoms with E-state index in [4.69, 9.17) is 12.2 Å². The van der Waals surface area contributed by atoms with Crippen molar-refractivity contribution in [1.29, 1.82) is 0 Å². The van der Waals surface area contributed by atoms with Crippen LogP contribution in [0.25, 0.3) is 0 Å². The quantitative estimate of drug-likeness (QED) is 0.289. The Balaban J connectivity index is 2.17. The zero-order chi connectivity index (χ0) is 20.9. The van der Waals surface area contributed by atoms with Crippen LogP contribution in [0.1, 0.15) is 0 Å². The third-order valence-electron chi connectivity index (χ3n) is 3.23. The second-order valence-corrected chi connectivity index (χ2v) is 5.79. The Labute approximate surface area is 160 Å². The largest absolute Gasteiger partial charge is 0.487 e. The lowest BCUT2D eigenvalue weighted by Crippen LogP contribution is -2.33. The summed E-state index contributed by atoms with van der Waals surface area (Å²) >= 11 is 4.97. The number of hydrogen-bond acceptors (Lipinski definition) is 4. The van der Waals surface area contributed by atoms with Gasteiger partial charge in [0, 0.05) is 12.1 Å². The molecule has 12 heteroatoms. The van der Waals surface area contributed by atoms with E-state index in [1.54, 1.807) is 0 Å². The number of para-hydroxylation sites is 1. The van der Waals surface area contributed by atoms with Crippen LogP contribution in [0.3, 0.4) is 0 Å². The zero-order valence-corrected chi connectivity index (χ0v) is 14.6. The molecule has 2 aromatic rings. The molecule has 0 atom stereocenters. The van der Waals surface area contributed by atoms with Crippen LogP contribution >= 0.6 is 12.2 Å². The van der Waals surface area contributed by atoms with E-state index in [0.717, 1.165) is 18.2 Å². The lowest BCUT2D eigenvalue weighted by molar-refractivity contribution is -0.384. The molecule has 0 unspecified atom stereocenters. The van der Waals surface area contributed by atoms with E-state index in [0.29, 0.717) is 0 Å². The van der Waals surface area contributed by atoms with E-state index < -0.39 is 41.1 Å². The fraction of sp³-hybridized carbons (Fsp3) is 0.188. The van der Waals surface area contributed by atoms with E-state index in [1.807, 2.05) is 0 Å². The number of benzene rings is 2. The molecule has 0 spiro atoms. The van der Waals surface area contributed by atoms with Gasteiger partial charge >= 0.3 is 12.3 Å². The summed E-state index contributed by atoms with van der Waals surface area (Å²) in [5, 5.41) is 15.9. The fourth-order valence-electron chi connectivity index (χ4n) is 1.93. The standard InChI is InChI=1S/C16H12F5N3O3S/c17-12-3-1-2-4-13(12)23-15(28)22-9-5-10(24(25)26)7-11(6-9)27-8-16(20,21)14(18)19/h1-7,14H,8H2,(H2,22,23,28). The molecule has 0 bridgehead atoms. The van der Waals surface area contributed by atoms with Crippen LogP contribution < -0.4 is 15.4 Å². The van der Waals surface area contributed by atoms with Gasteiger partial charge in [0.1, 0.15) is 11.6 Å². The van der Waals surface area contributed by atoms with Gasteiger partial charge in [0.2, 0.25) is 0 Å². The Kier molecular flexibility index (Phi) is 6.67. The number of halogens is 5. The maximum Gasteiger partial charge on any atom is 0.340 e. The van der Waals surface area contributed by atoms with Gasteiger partial charge in [0.15, 0.2) is 11.7 Å². The third kappa shape index (κ3) is 5.74. The Morgan fingerprint density at radius 2 is 1.89 bits per heavy atom. The molecule has 2 aromatic carbocycles. The molecule has 2 rings (SSSR count). The van der Waals surface area contributed by atoms with Gasteiger partial charge in [-0.05, 0) is 24.4 Å². The number of alkyl halides is 4. The summed E-state index contributed by atoms with van der Waals surface area (Å²) in [6.45, 7) is -1.68. The van der Waals surface area contributed by atoms with Crippen molar-refractivity contribution >= 4 is 34.4 Å². The number of rotatable bonds is 7. The second-order valence-electron chi connectivity index (χ2n) is 5.38. The third-order valence-corrected chi connectivity index (χ3v) is 3.44. The molecule has 0 aliphatic heterocycles. The SMILES string of the molecule is O=[N+]([O-])c1cc(NC(=S)Nc2ccccc2F)cc(OCC(F)(F)C(F)F)c1. The molecule has 0 aliphatic rings. The number of nitrogens with one attached hydrogen (secondary N) is 2. The maximum absolute atomic E-state index is 13.6. The molecule has 0 aliphatic carbocycles. The summed E-state index contributed by atoms with van der Waals surface area (Å²) in [7, 11) is 0. The van der Waals surface area contributed by atoms with Gasteiger partial charge in [-0.3, -0.25) is 10.1 Å². The molecule has 150 valence electrons. The van der Waals surface area contributed by atoms with Crippen LogP contribution in [0, 0.1) is 15.9 Å². The summed E-state index contributed by atoms with van der Waals surface area (Å²) in [4.78, 5) is 10.2. The first kappa shape index (κ1) is 21.3. The number of ether oxygens (including phenoxy) is 1. The first-order chi connectivity index (χ1) is 13.1. The molecule has 2 N–H and O–H groups in total. The van der Waals surface area contributed by atoms with E-state index in [9.17, 15) is 32.1 Å². The minimum absolute atomic E-state index is 0.0264. The number of non-ortho nitro benzene ring substituents is 1. The van der Waals surface area contributed by atoms with Crippen molar-refractivity contribution in [2.75, 3.05) is 17.2 Å². The smallest absolute Gasteiger partial charge is 0.340 e. The number of thiocarbonyl (C=S) groups is 1. The van der Waals surface area contributed by atoms with E-state index >= 15 is 0 Å². The van der Waals surface area contributed by atoms with Crippen molar-refractivity contribution in [3.63, 3.8) is 0 Å². The van der Waals surface area contributed by atoms with Crippen LogP contribution in [0.4, 0.5) is 39.0 Å². The monoisotopic (exact) mass is 421 g/mol. The summed E-state index contributed by atoms with van der Waals surface area (Å²) in [6, 6.07) is 8.40. The average molecular weight is 421 g/mol. The molecule has 0 aromatic heterocycles. The van der Waals surface area contributed by atoms with E-state index in [-0.39, 0.29) is 16.5 Å². The molecular weight excluding hydrogens is 409 g/mol. The lowest BCUT2D eigenvalue weighted by atomic mass is 10.2. The van der Waals surface area contributed by atoms with Gasteiger partial charge in [0.05, 0.1) is 22.4 Å². The molecular formula is C16H12F5N3O3S. The summed E-state index contributed by atoms with van der Waals surface area (Å²) in [5.74, 6) is -5.49. The lowest BCUT2D eigenvalue weighted by Gasteiger charge is -2.17. The minimum atomic E-state index is -4.43. The van der Waals surface area contributed by atoms with Crippen LogP contribution in [0.15, 0.2) is 42.5 Å². The Morgan fingerprint density at radius 1 is 1.21 bits per heavy atom. The van der Waals surface area contributed by atoms with Gasteiger partial charge in [0.25, 0.3) is 5.69 Å². The highest BCUT2D eigenvalue weighted by Gasteiger charge is 2.41. The van der Waals surface area contributed by atoms with Crippen molar-refractivity contribution in [1.82, 2.24) is 0 Å². The Bertz CT molecular complexity index is 882. The minimum Gasteiger partial charge on any atom is -0.487 e. The number of nitro benzene ring substituents is 1. The molecule has 0 fully saturated rings. The predicted molar refractivity (Wildman–Crippen MR) is 95.8 cm³/mol. The molecule has 28 heavy (non-hydrogen) atoms. The van der Waals surface area contributed by atoms with Crippen molar-refractivity contribution in [2.24, 2.45) is 0 Å². The first-order valence-electron chi connectivity index (χ1n) is 7.49. The summed E-state index contributed by atoms with van der Waals surface area (Å²) in [5.41, 5.74) is -0.592. The van der Waals surface area contributed by atoms with E-state index in [1.165, 1.54) is 24.3 Å². The summed E-state index contributed by atoms with van der Waals surface area (Å²) in [6.07, 6.45) is -3.96. The maximum atomic E-state index is 13.6.